The lowest BCUT2D eigenvalue weighted by Gasteiger charge is -2.36. The number of nitrogens with one attached hydrogen (secondary N) is 1. The highest BCUT2D eigenvalue weighted by Gasteiger charge is 2.31. The number of aryl methyl sites for hydroxylation is 2. The van der Waals surface area contributed by atoms with Gasteiger partial charge in [-0.05, 0) is 60.5 Å². The number of carbonyl (C=O) groups excluding carboxylic acids is 1. The summed E-state index contributed by atoms with van der Waals surface area (Å²) in [5.41, 5.74) is 3.19. The molecule has 1 unspecified atom stereocenters. The zero-order chi connectivity index (χ0) is 16.4. The van der Waals surface area contributed by atoms with Gasteiger partial charge in [-0.15, -0.1) is 0 Å². The number of amides is 1. The van der Waals surface area contributed by atoms with Crippen molar-refractivity contribution in [1.29, 1.82) is 0 Å². The maximum atomic E-state index is 12.8. The molecule has 1 aliphatic heterocycles. The first-order valence-corrected chi connectivity index (χ1v) is 8.35. The molecule has 1 aromatic heterocycles. The molecule has 0 bridgehead atoms. The zero-order valence-corrected chi connectivity index (χ0v) is 14.8. The fourth-order valence-electron chi connectivity index (χ4n) is 3.51. The van der Waals surface area contributed by atoms with Crippen molar-refractivity contribution in [3.8, 4) is 0 Å². The first-order valence-electron chi connectivity index (χ1n) is 8.35. The molecule has 22 heavy (non-hydrogen) atoms. The highest BCUT2D eigenvalue weighted by molar-refractivity contribution is 5.79. The van der Waals surface area contributed by atoms with Crippen molar-refractivity contribution >= 4 is 5.91 Å². The predicted octanol–water partition coefficient (Wildman–Crippen LogP) is 2.67. The molecule has 1 aromatic rings. The van der Waals surface area contributed by atoms with E-state index in [2.05, 4.69) is 35.9 Å². The maximum absolute atomic E-state index is 12.8. The van der Waals surface area contributed by atoms with E-state index in [4.69, 9.17) is 0 Å². The van der Waals surface area contributed by atoms with Gasteiger partial charge in [-0.2, -0.15) is 5.10 Å². The standard InChI is InChI=1S/C17H30N4O/c1-11(2)21-9-7-15(8-10-21)17(22)20(6)14(5)16-12(3)18-19-13(16)4/h11,14-15H,7-10H2,1-6H3,(H,18,19). The number of aromatic nitrogens is 2. The Morgan fingerprint density at radius 2 is 1.86 bits per heavy atom. The van der Waals surface area contributed by atoms with Crippen molar-refractivity contribution in [2.75, 3.05) is 20.1 Å². The third kappa shape index (κ3) is 3.35. The number of likely N-dealkylation sites (tertiary alicyclic amines) is 1. The first kappa shape index (κ1) is 17.0. The van der Waals surface area contributed by atoms with Gasteiger partial charge in [0, 0.05) is 30.3 Å². The van der Waals surface area contributed by atoms with Gasteiger partial charge < -0.3 is 9.80 Å². The Kier molecular flexibility index (Phi) is 5.27. The van der Waals surface area contributed by atoms with Gasteiger partial charge in [0.2, 0.25) is 5.91 Å². The molecule has 1 aliphatic rings. The Hall–Kier alpha value is -1.36. The third-order valence-electron chi connectivity index (χ3n) is 5.14. The van der Waals surface area contributed by atoms with Gasteiger partial charge in [-0.3, -0.25) is 9.89 Å². The summed E-state index contributed by atoms with van der Waals surface area (Å²) < 4.78 is 0. The Morgan fingerprint density at radius 3 is 2.32 bits per heavy atom. The molecule has 2 rings (SSSR count). The lowest BCUT2D eigenvalue weighted by atomic mass is 9.93. The second-order valence-corrected chi connectivity index (χ2v) is 6.88. The van der Waals surface area contributed by atoms with Crippen LogP contribution in [-0.2, 0) is 4.79 Å². The molecule has 1 N–H and O–H groups in total. The minimum Gasteiger partial charge on any atom is -0.339 e. The number of hydrogen-bond acceptors (Lipinski definition) is 3. The maximum Gasteiger partial charge on any atom is 0.226 e. The van der Waals surface area contributed by atoms with Gasteiger partial charge in [0.25, 0.3) is 0 Å². The van der Waals surface area contributed by atoms with Gasteiger partial charge in [-0.25, -0.2) is 0 Å². The Bertz CT molecular complexity index is 495. The van der Waals surface area contributed by atoms with Crippen LogP contribution in [0.5, 0.6) is 0 Å². The van der Waals surface area contributed by atoms with Gasteiger partial charge in [0.05, 0.1) is 11.7 Å². The Balaban J connectivity index is 2.01. The van der Waals surface area contributed by atoms with E-state index < -0.39 is 0 Å². The van der Waals surface area contributed by atoms with Crippen molar-refractivity contribution in [1.82, 2.24) is 20.0 Å². The number of H-pyrrole nitrogens is 1. The number of carbonyl (C=O) groups is 1. The predicted molar refractivity (Wildman–Crippen MR) is 88.7 cm³/mol. The molecule has 0 spiro atoms. The van der Waals surface area contributed by atoms with Crippen molar-refractivity contribution in [2.24, 2.45) is 5.92 Å². The van der Waals surface area contributed by atoms with E-state index in [1.54, 1.807) is 0 Å². The summed E-state index contributed by atoms with van der Waals surface area (Å²) >= 11 is 0. The monoisotopic (exact) mass is 306 g/mol. The van der Waals surface area contributed by atoms with Crippen LogP contribution >= 0.6 is 0 Å². The molecule has 1 saturated heterocycles. The number of nitrogens with zero attached hydrogens (tertiary/aromatic N) is 3. The van der Waals surface area contributed by atoms with Crippen LogP contribution < -0.4 is 0 Å². The summed E-state index contributed by atoms with van der Waals surface area (Å²) in [4.78, 5) is 17.2. The second-order valence-electron chi connectivity index (χ2n) is 6.88. The van der Waals surface area contributed by atoms with Crippen molar-refractivity contribution in [2.45, 2.75) is 59.5 Å². The minimum absolute atomic E-state index is 0.0642. The molecular weight excluding hydrogens is 276 g/mol. The van der Waals surface area contributed by atoms with Crippen LogP contribution in [0.3, 0.4) is 0 Å². The quantitative estimate of drug-likeness (QED) is 0.930. The molecule has 2 heterocycles. The van der Waals surface area contributed by atoms with E-state index in [0.717, 1.165) is 42.9 Å². The SMILES string of the molecule is Cc1n[nH]c(C)c1C(C)N(C)C(=O)C1CCN(C(C)C)CC1. The molecule has 0 aliphatic carbocycles. The average Bonchev–Trinajstić information content (AvgIpc) is 2.84. The van der Waals surface area contributed by atoms with Crippen molar-refractivity contribution in [3.63, 3.8) is 0 Å². The summed E-state index contributed by atoms with van der Waals surface area (Å²) in [5.74, 6) is 0.436. The van der Waals surface area contributed by atoms with Crippen LogP contribution in [0.4, 0.5) is 0 Å². The molecule has 1 fully saturated rings. The molecule has 1 atom stereocenters. The largest absolute Gasteiger partial charge is 0.339 e. The topological polar surface area (TPSA) is 52.2 Å². The molecule has 0 saturated carbocycles. The Morgan fingerprint density at radius 1 is 1.27 bits per heavy atom. The fourth-order valence-corrected chi connectivity index (χ4v) is 3.51. The van der Waals surface area contributed by atoms with E-state index in [1.807, 2.05) is 25.8 Å². The molecule has 0 radical (unpaired) electrons. The van der Waals surface area contributed by atoms with Crippen LogP contribution in [0.15, 0.2) is 0 Å². The van der Waals surface area contributed by atoms with Crippen molar-refractivity contribution in [3.05, 3.63) is 17.0 Å². The zero-order valence-electron chi connectivity index (χ0n) is 14.8. The van der Waals surface area contributed by atoms with Gasteiger partial charge in [0.15, 0.2) is 0 Å². The first-order chi connectivity index (χ1) is 10.3. The van der Waals surface area contributed by atoms with Crippen LogP contribution in [0, 0.1) is 19.8 Å². The van der Waals surface area contributed by atoms with E-state index in [-0.39, 0.29) is 17.9 Å². The lowest BCUT2D eigenvalue weighted by Crippen LogP contribution is -2.44. The number of piperidine rings is 1. The number of rotatable bonds is 4. The molecule has 124 valence electrons. The highest BCUT2D eigenvalue weighted by Crippen LogP contribution is 2.28. The van der Waals surface area contributed by atoms with E-state index in [9.17, 15) is 4.79 Å². The molecular formula is C17H30N4O. The van der Waals surface area contributed by atoms with Gasteiger partial charge >= 0.3 is 0 Å². The summed E-state index contributed by atoms with van der Waals surface area (Å²) in [7, 11) is 1.92. The smallest absolute Gasteiger partial charge is 0.226 e. The van der Waals surface area contributed by atoms with Crippen LogP contribution in [-0.4, -0.2) is 52.1 Å². The summed E-state index contributed by atoms with van der Waals surface area (Å²) in [5, 5.41) is 7.27. The summed E-state index contributed by atoms with van der Waals surface area (Å²) in [6, 6.07) is 0.637. The molecule has 5 nitrogen and oxygen atoms in total. The van der Waals surface area contributed by atoms with Crippen molar-refractivity contribution < 1.29 is 4.79 Å². The number of aromatic amines is 1. The third-order valence-corrected chi connectivity index (χ3v) is 5.14. The Labute approximate surface area is 134 Å². The van der Waals surface area contributed by atoms with Gasteiger partial charge in [0.1, 0.15) is 0 Å². The van der Waals surface area contributed by atoms with Gasteiger partial charge in [-0.1, -0.05) is 0 Å². The fraction of sp³-hybridized carbons (Fsp3) is 0.765. The van der Waals surface area contributed by atoms with Crippen LogP contribution in [0.2, 0.25) is 0 Å². The average molecular weight is 306 g/mol. The minimum atomic E-state index is 0.0642. The number of hydrogen-bond donors (Lipinski definition) is 1. The van der Waals surface area contributed by atoms with Crippen LogP contribution in [0.25, 0.3) is 0 Å². The molecule has 1 amide bonds. The highest BCUT2D eigenvalue weighted by atomic mass is 16.2. The summed E-state index contributed by atoms with van der Waals surface area (Å²) in [6.07, 6.45) is 1.94. The summed E-state index contributed by atoms with van der Waals surface area (Å²) in [6.45, 7) is 12.6. The van der Waals surface area contributed by atoms with E-state index in [1.165, 1.54) is 0 Å². The van der Waals surface area contributed by atoms with E-state index >= 15 is 0 Å². The van der Waals surface area contributed by atoms with Crippen LogP contribution in [0.1, 0.15) is 56.6 Å². The van der Waals surface area contributed by atoms with E-state index in [0.29, 0.717) is 6.04 Å². The molecule has 0 aromatic carbocycles. The normalized spacial score (nSPS) is 18.7. The lowest BCUT2D eigenvalue weighted by molar-refractivity contribution is -0.137. The second kappa shape index (κ2) is 6.82. The molecule has 5 heteroatoms.